The van der Waals surface area contributed by atoms with E-state index in [9.17, 15) is 4.79 Å². The Balaban J connectivity index is 2.09. The second kappa shape index (κ2) is 6.48. The van der Waals surface area contributed by atoms with Crippen molar-refractivity contribution in [1.29, 1.82) is 0 Å². The minimum Gasteiger partial charge on any atom is -0.480 e. The zero-order valence-corrected chi connectivity index (χ0v) is 11.9. The lowest BCUT2D eigenvalue weighted by Crippen LogP contribution is -2.35. The predicted octanol–water partition coefficient (Wildman–Crippen LogP) is 2.89. The van der Waals surface area contributed by atoms with Crippen LogP contribution in [0.15, 0.2) is 30.3 Å². The van der Waals surface area contributed by atoms with Crippen LogP contribution < -0.4 is 5.32 Å². The standard InChI is InChI=1S/C16H20N2O2/c1-3-4-15(16(19)20)17-10-12-6-8-14-13(9-12)7-5-11(2)18-14/h5-9,15,17H,3-4,10H2,1-2H3,(H,19,20). The third kappa shape index (κ3) is 3.54. The summed E-state index contributed by atoms with van der Waals surface area (Å²) in [5.74, 6) is -0.787. The first kappa shape index (κ1) is 14.5. The van der Waals surface area contributed by atoms with Crippen LogP contribution >= 0.6 is 0 Å². The van der Waals surface area contributed by atoms with E-state index >= 15 is 0 Å². The van der Waals surface area contributed by atoms with E-state index in [1.54, 1.807) is 0 Å². The van der Waals surface area contributed by atoms with Gasteiger partial charge in [0.25, 0.3) is 0 Å². The molecule has 0 fully saturated rings. The summed E-state index contributed by atoms with van der Waals surface area (Å²) in [6.07, 6.45) is 1.49. The number of carbonyl (C=O) groups is 1. The van der Waals surface area contributed by atoms with Gasteiger partial charge >= 0.3 is 5.97 Å². The number of hydrogen-bond donors (Lipinski definition) is 2. The van der Waals surface area contributed by atoms with E-state index in [1.807, 2.05) is 38.1 Å². The average molecular weight is 272 g/mol. The Hall–Kier alpha value is -1.94. The highest BCUT2D eigenvalue weighted by Crippen LogP contribution is 2.15. The molecule has 2 N–H and O–H groups in total. The van der Waals surface area contributed by atoms with Gasteiger partial charge in [-0.3, -0.25) is 9.78 Å². The highest BCUT2D eigenvalue weighted by atomic mass is 16.4. The van der Waals surface area contributed by atoms with Crippen LogP contribution in [0.2, 0.25) is 0 Å². The fraction of sp³-hybridized carbons (Fsp3) is 0.375. The molecule has 1 aromatic carbocycles. The van der Waals surface area contributed by atoms with Gasteiger partial charge in [-0.2, -0.15) is 0 Å². The number of aliphatic carboxylic acids is 1. The summed E-state index contributed by atoms with van der Waals surface area (Å²) < 4.78 is 0. The first-order valence-electron chi connectivity index (χ1n) is 6.92. The van der Waals surface area contributed by atoms with Crippen LogP contribution in [0, 0.1) is 6.92 Å². The van der Waals surface area contributed by atoms with Crippen LogP contribution in [-0.2, 0) is 11.3 Å². The summed E-state index contributed by atoms with van der Waals surface area (Å²) in [6, 6.07) is 9.58. The zero-order chi connectivity index (χ0) is 14.5. The molecule has 1 heterocycles. The lowest BCUT2D eigenvalue weighted by Gasteiger charge is -2.13. The third-order valence-corrected chi connectivity index (χ3v) is 3.32. The molecule has 0 spiro atoms. The van der Waals surface area contributed by atoms with Crippen molar-refractivity contribution in [3.05, 3.63) is 41.6 Å². The lowest BCUT2D eigenvalue weighted by atomic mass is 10.1. The molecule has 4 heteroatoms. The minimum atomic E-state index is -0.787. The molecule has 0 saturated heterocycles. The molecule has 2 aromatic rings. The smallest absolute Gasteiger partial charge is 0.320 e. The summed E-state index contributed by atoms with van der Waals surface area (Å²) in [6.45, 7) is 4.51. The molecule has 0 saturated carbocycles. The molecule has 0 radical (unpaired) electrons. The van der Waals surface area contributed by atoms with Gasteiger partial charge in [0.15, 0.2) is 0 Å². The zero-order valence-electron chi connectivity index (χ0n) is 11.9. The molecule has 0 bridgehead atoms. The number of benzene rings is 1. The van der Waals surface area contributed by atoms with Gasteiger partial charge in [-0.25, -0.2) is 0 Å². The van der Waals surface area contributed by atoms with Crippen molar-refractivity contribution in [2.45, 2.75) is 39.3 Å². The number of pyridine rings is 1. The van der Waals surface area contributed by atoms with Crippen molar-refractivity contribution in [2.75, 3.05) is 0 Å². The van der Waals surface area contributed by atoms with E-state index in [1.165, 1.54) is 0 Å². The largest absolute Gasteiger partial charge is 0.480 e. The molecule has 1 unspecified atom stereocenters. The maximum atomic E-state index is 11.1. The first-order chi connectivity index (χ1) is 9.60. The Kier molecular flexibility index (Phi) is 4.69. The molecule has 0 aliphatic carbocycles. The Bertz CT molecular complexity index is 610. The Morgan fingerprint density at radius 1 is 1.35 bits per heavy atom. The maximum absolute atomic E-state index is 11.1. The van der Waals surface area contributed by atoms with Gasteiger partial charge in [0, 0.05) is 17.6 Å². The van der Waals surface area contributed by atoms with Crippen molar-refractivity contribution in [1.82, 2.24) is 10.3 Å². The highest BCUT2D eigenvalue weighted by Gasteiger charge is 2.15. The van der Waals surface area contributed by atoms with Crippen LogP contribution in [0.4, 0.5) is 0 Å². The van der Waals surface area contributed by atoms with E-state index in [4.69, 9.17) is 5.11 Å². The molecule has 1 aromatic heterocycles. The molecule has 1 atom stereocenters. The second-order valence-electron chi connectivity index (χ2n) is 5.04. The second-order valence-corrected chi connectivity index (χ2v) is 5.04. The predicted molar refractivity (Wildman–Crippen MR) is 79.7 cm³/mol. The van der Waals surface area contributed by atoms with Gasteiger partial charge in [-0.1, -0.05) is 25.5 Å². The van der Waals surface area contributed by atoms with E-state index in [2.05, 4.69) is 16.4 Å². The Morgan fingerprint density at radius 3 is 2.85 bits per heavy atom. The summed E-state index contributed by atoms with van der Waals surface area (Å²) in [7, 11) is 0. The van der Waals surface area contributed by atoms with Crippen LogP contribution in [0.3, 0.4) is 0 Å². The number of aryl methyl sites for hydroxylation is 1. The summed E-state index contributed by atoms with van der Waals surface area (Å²) in [4.78, 5) is 15.5. The normalized spacial score (nSPS) is 12.5. The van der Waals surface area contributed by atoms with E-state index in [0.717, 1.165) is 28.6 Å². The molecule has 0 aliphatic heterocycles. The van der Waals surface area contributed by atoms with Crippen LogP contribution in [-0.4, -0.2) is 22.1 Å². The van der Waals surface area contributed by atoms with Crippen molar-refractivity contribution < 1.29 is 9.90 Å². The number of carboxylic acid groups (broad SMARTS) is 1. The molecule has 0 aliphatic rings. The quantitative estimate of drug-likeness (QED) is 0.848. The van der Waals surface area contributed by atoms with Crippen molar-refractivity contribution >= 4 is 16.9 Å². The van der Waals surface area contributed by atoms with Gasteiger partial charge < -0.3 is 10.4 Å². The molecular formula is C16H20N2O2. The topological polar surface area (TPSA) is 62.2 Å². The summed E-state index contributed by atoms with van der Waals surface area (Å²) in [5.41, 5.74) is 3.04. The summed E-state index contributed by atoms with van der Waals surface area (Å²) >= 11 is 0. The molecule has 2 rings (SSSR count). The number of hydrogen-bond acceptors (Lipinski definition) is 3. The van der Waals surface area contributed by atoms with Gasteiger partial charge in [-0.05, 0) is 37.1 Å². The van der Waals surface area contributed by atoms with Gasteiger partial charge in [0.2, 0.25) is 0 Å². The third-order valence-electron chi connectivity index (χ3n) is 3.32. The number of aromatic nitrogens is 1. The number of fused-ring (bicyclic) bond motifs is 1. The van der Waals surface area contributed by atoms with Gasteiger partial charge in [0.1, 0.15) is 6.04 Å². The van der Waals surface area contributed by atoms with Crippen LogP contribution in [0.1, 0.15) is 31.0 Å². The van der Waals surface area contributed by atoms with Crippen molar-refractivity contribution in [2.24, 2.45) is 0 Å². The van der Waals surface area contributed by atoms with E-state index < -0.39 is 12.0 Å². The number of nitrogens with zero attached hydrogens (tertiary/aromatic N) is 1. The average Bonchev–Trinajstić information content (AvgIpc) is 2.43. The monoisotopic (exact) mass is 272 g/mol. The fourth-order valence-corrected chi connectivity index (χ4v) is 2.23. The summed E-state index contributed by atoms with van der Waals surface area (Å²) in [5, 5.41) is 13.3. The minimum absolute atomic E-state index is 0.480. The Morgan fingerprint density at radius 2 is 2.15 bits per heavy atom. The molecule has 106 valence electrons. The molecule has 4 nitrogen and oxygen atoms in total. The Labute approximate surface area is 118 Å². The SMILES string of the molecule is CCCC(NCc1ccc2nc(C)ccc2c1)C(=O)O. The van der Waals surface area contributed by atoms with Crippen LogP contribution in [0.5, 0.6) is 0 Å². The number of carboxylic acids is 1. The molecule has 0 amide bonds. The van der Waals surface area contributed by atoms with Crippen molar-refractivity contribution in [3.63, 3.8) is 0 Å². The maximum Gasteiger partial charge on any atom is 0.320 e. The van der Waals surface area contributed by atoms with Gasteiger partial charge in [0.05, 0.1) is 5.52 Å². The number of nitrogens with one attached hydrogen (secondary N) is 1. The fourth-order valence-electron chi connectivity index (χ4n) is 2.23. The highest BCUT2D eigenvalue weighted by molar-refractivity contribution is 5.79. The number of rotatable bonds is 6. The lowest BCUT2D eigenvalue weighted by molar-refractivity contribution is -0.139. The van der Waals surface area contributed by atoms with E-state index in [-0.39, 0.29) is 0 Å². The van der Waals surface area contributed by atoms with Crippen molar-refractivity contribution in [3.8, 4) is 0 Å². The van der Waals surface area contributed by atoms with Crippen LogP contribution in [0.25, 0.3) is 10.9 Å². The van der Waals surface area contributed by atoms with Gasteiger partial charge in [-0.15, -0.1) is 0 Å². The van der Waals surface area contributed by atoms with E-state index in [0.29, 0.717) is 13.0 Å². The first-order valence-corrected chi connectivity index (χ1v) is 6.92. The molecule has 20 heavy (non-hydrogen) atoms. The molecular weight excluding hydrogens is 252 g/mol.